The van der Waals surface area contributed by atoms with Crippen LogP contribution in [0.4, 0.5) is 0 Å². The summed E-state index contributed by atoms with van der Waals surface area (Å²) in [6, 6.07) is 0. The maximum atomic E-state index is 11.8. The molecule has 0 aliphatic heterocycles. The van der Waals surface area contributed by atoms with Crippen molar-refractivity contribution < 1.29 is 28.5 Å². The number of hydrogen-bond acceptors (Lipinski definition) is 8. The maximum Gasteiger partial charge on any atom is 0.330 e. The fourth-order valence-electron chi connectivity index (χ4n) is 2.17. The van der Waals surface area contributed by atoms with Crippen molar-refractivity contribution in [3.8, 4) is 0 Å². The lowest BCUT2D eigenvalue weighted by Gasteiger charge is -2.24. The van der Waals surface area contributed by atoms with Crippen molar-refractivity contribution in [1.29, 1.82) is 0 Å². The molecule has 0 amide bonds. The largest absolute Gasteiger partial charge is 0.502 e. The minimum Gasteiger partial charge on any atom is -0.502 e. The molecular weight excluding hydrogens is 436 g/mol. The van der Waals surface area contributed by atoms with Crippen molar-refractivity contribution in [1.82, 2.24) is 0 Å². The van der Waals surface area contributed by atoms with Gasteiger partial charge in [0.25, 0.3) is 0 Å². The minimum atomic E-state index is -0.423. The zero-order chi connectivity index (χ0) is 27.2. The molecule has 2 atom stereocenters. The molecule has 0 aromatic carbocycles. The second kappa shape index (κ2) is 21.6. The van der Waals surface area contributed by atoms with E-state index in [0.717, 1.165) is 25.3 Å². The molecule has 0 aromatic rings. The van der Waals surface area contributed by atoms with Gasteiger partial charge in [0.05, 0.1) is 24.9 Å². The summed E-state index contributed by atoms with van der Waals surface area (Å²) in [6.07, 6.45) is 6.07. The van der Waals surface area contributed by atoms with Gasteiger partial charge in [-0.05, 0) is 80.3 Å². The van der Waals surface area contributed by atoms with Gasteiger partial charge < -0.3 is 30.4 Å². The Labute approximate surface area is 208 Å². The summed E-state index contributed by atoms with van der Waals surface area (Å²) in [5, 5.41) is 0. The maximum absolute atomic E-state index is 11.8. The highest BCUT2D eigenvalue weighted by molar-refractivity contribution is 5.81. The van der Waals surface area contributed by atoms with Gasteiger partial charge in [-0.1, -0.05) is 27.0 Å². The molecule has 0 spiro atoms. The van der Waals surface area contributed by atoms with E-state index < -0.39 is 11.2 Å². The predicted molar refractivity (Wildman–Crippen MR) is 139 cm³/mol. The molecule has 8 nitrogen and oxygen atoms in total. The number of carbonyl (C=O) groups excluding carboxylic acids is 2. The van der Waals surface area contributed by atoms with Gasteiger partial charge in [-0.15, -0.1) is 0 Å². The minimum absolute atomic E-state index is 0.110. The van der Waals surface area contributed by atoms with Crippen molar-refractivity contribution in [3.63, 3.8) is 0 Å². The summed E-state index contributed by atoms with van der Waals surface area (Å²) in [6.45, 7) is 24.4. The van der Waals surface area contributed by atoms with E-state index in [0.29, 0.717) is 32.7 Å². The molecule has 0 saturated heterocycles. The van der Waals surface area contributed by atoms with Gasteiger partial charge in [-0.3, -0.25) is 4.79 Å². The topological polar surface area (TPSA) is 123 Å². The zero-order valence-corrected chi connectivity index (χ0v) is 23.0. The van der Waals surface area contributed by atoms with Gasteiger partial charge in [0.1, 0.15) is 11.2 Å². The SMILES string of the molecule is C=CC(=O)OC(C)(C)C.C=COCCCN.CCC(CC(C)C(=O)OC(C)(C)C)OCCCN. The molecule has 4 N–H and O–H groups in total. The Kier molecular flexibility index (Phi) is 23.3. The summed E-state index contributed by atoms with van der Waals surface area (Å²) < 4.78 is 20.6. The molecule has 0 aliphatic carbocycles. The highest BCUT2D eigenvalue weighted by atomic mass is 16.6. The third-order valence-electron chi connectivity index (χ3n) is 3.74. The molecule has 0 bridgehead atoms. The third-order valence-corrected chi connectivity index (χ3v) is 3.74. The van der Waals surface area contributed by atoms with Gasteiger partial charge in [0, 0.05) is 12.7 Å². The van der Waals surface area contributed by atoms with E-state index in [2.05, 4.69) is 20.1 Å². The smallest absolute Gasteiger partial charge is 0.330 e. The third kappa shape index (κ3) is 30.1. The molecule has 2 unspecified atom stereocenters. The number of rotatable bonds is 13. The average Bonchev–Trinajstić information content (AvgIpc) is 2.72. The van der Waals surface area contributed by atoms with Gasteiger partial charge in [0.15, 0.2) is 0 Å². The van der Waals surface area contributed by atoms with Crippen LogP contribution in [0.15, 0.2) is 25.5 Å². The Bertz CT molecular complexity index is 538. The average molecular weight is 489 g/mol. The lowest BCUT2D eigenvalue weighted by atomic mass is 10.0. The number of esters is 2. The van der Waals surface area contributed by atoms with Crippen LogP contribution in [0, 0.1) is 5.92 Å². The molecule has 0 aromatic heterocycles. The summed E-state index contributed by atoms with van der Waals surface area (Å²) >= 11 is 0. The molecule has 202 valence electrons. The van der Waals surface area contributed by atoms with Crippen molar-refractivity contribution in [2.24, 2.45) is 17.4 Å². The standard InChI is InChI=1S/C14H29NO3.C7H12O2.C5H11NO/c1-6-12(17-9-7-8-15)10-11(2)13(16)18-14(3,4)5;1-5-6(8)9-7(2,3)4;1-2-7-5-3-4-6/h11-12H,6-10,15H2,1-5H3;5H,1H2,2-4H3;2H,1,3-6H2. The number of nitrogens with two attached hydrogens (primary N) is 2. The van der Waals surface area contributed by atoms with Gasteiger partial charge >= 0.3 is 11.9 Å². The molecule has 0 fully saturated rings. The van der Waals surface area contributed by atoms with Crippen LogP contribution >= 0.6 is 0 Å². The lowest BCUT2D eigenvalue weighted by Crippen LogP contribution is -2.30. The highest BCUT2D eigenvalue weighted by Crippen LogP contribution is 2.17. The summed E-state index contributed by atoms with van der Waals surface area (Å²) in [5.41, 5.74) is 9.76. The van der Waals surface area contributed by atoms with Crippen LogP contribution in [0.3, 0.4) is 0 Å². The second-order valence-electron chi connectivity index (χ2n) is 9.63. The molecule has 0 heterocycles. The van der Waals surface area contributed by atoms with Gasteiger partial charge in [-0.25, -0.2) is 4.79 Å². The molecule has 0 rings (SSSR count). The van der Waals surface area contributed by atoms with Crippen molar-refractivity contribution >= 4 is 11.9 Å². The number of hydrogen-bond donors (Lipinski definition) is 2. The Morgan fingerprint density at radius 3 is 1.76 bits per heavy atom. The van der Waals surface area contributed by atoms with Crippen LogP contribution in [0.25, 0.3) is 0 Å². The fourth-order valence-corrected chi connectivity index (χ4v) is 2.17. The summed E-state index contributed by atoms with van der Waals surface area (Å²) in [4.78, 5) is 22.3. The lowest BCUT2D eigenvalue weighted by molar-refractivity contribution is -0.160. The zero-order valence-electron chi connectivity index (χ0n) is 23.0. The van der Waals surface area contributed by atoms with E-state index in [1.165, 1.54) is 6.26 Å². The van der Waals surface area contributed by atoms with Gasteiger partial charge in [-0.2, -0.15) is 0 Å². The van der Waals surface area contributed by atoms with Crippen LogP contribution in [0.1, 0.15) is 81.1 Å². The molecule has 0 aliphatic rings. The monoisotopic (exact) mass is 488 g/mol. The first kappa shape index (κ1) is 36.7. The van der Waals surface area contributed by atoms with E-state index in [-0.39, 0.29) is 24.0 Å². The molecule has 34 heavy (non-hydrogen) atoms. The quantitative estimate of drug-likeness (QED) is 0.168. The van der Waals surface area contributed by atoms with Crippen molar-refractivity contribution in [2.45, 2.75) is 98.4 Å². The van der Waals surface area contributed by atoms with E-state index in [1.807, 2.05) is 48.5 Å². The van der Waals surface area contributed by atoms with Crippen LogP contribution in [0.5, 0.6) is 0 Å². The van der Waals surface area contributed by atoms with Crippen LogP contribution in [0.2, 0.25) is 0 Å². The first-order valence-electron chi connectivity index (χ1n) is 12.0. The second-order valence-corrected chi connectivity index (χ2v) is 9.63. The van der Waals surface area contributed by atoms with E-state index in [4.69, 9.17) is 30.4 Å². The highest BCUT2D eigenvalue weighted by Gasteiger charge is 2.24. The molecule has 0 saturated carbocycles. The molecular formula is C26H52N2O6. The van der Waals surface area contributed by atoms with Crippen LogP contribution < -0.4 is 11.5 Å². The summed E-state index contributed by atoms with van der Waals surface area (Å²) in [7, 11) is 0. The van der Waals surface area contributed by atoms with Crippen molar-refractivity contribution in [2.75, 3.05) is 26.3 Å². The predicted octanol–water partition coefficient (Wildman–Crippen LogP) is 4.51. The molecule has 0 radical (unpaired) electrons. The van der Waals surface area contributed by atoms with E-state index in [9.17, 15) is 9.59 Å². The Morgan fingerprint density at radius 2 is 1.41 bits per heavy atom. The Balaban J connectivity index is -0.000000497. The first-order chi connectivity index (χ1) is 15.7. The van der Waals surface area contributed by atoms with E-state index in [1.54, 1.807) is 0 Å². The molecule has 8 heteroatoms. The van der Waals surface area contributed by atoms with Gasteiger partial charge in [0.2, 0.25) is 0 Å². The van der Waals surface area contributed by atoms with Crippen LogP contribution in [-0.2, 0) is 28.5 Å². The number of ether oxygens (including phenoxy) is 4. The van der Waals surface area contributed by atoms with Crippen LogP contribution in [-0.4, -0.2) is 55.5 Å². The van der Waals surface area contributed by atoms with E-state index >= 15 is 0 Å². The van der Waals surface area contributed by atoms with Crippen molar-refractivity contribution in [3.05, 3.63) is 25.5 Å². The number of carbonyl (C=O) groups is 2. The Morgan fingerprint density at radius 1 is 0.912 bits per heavy atom. The Hall–Kier alpha value is -1.90. The fraction of sp³-hybridized carbons (Fsp3) is 0.769. The first-order valence-corrected chi connectivity index (χ1v) is 12.0. The summed E-state index contributed by atoms with van der Waals surface area (Å²) in [5.74, 6) is -0.655. The normalized spacial score (nSPS) is 12.5.